The molecule has 3 aromatic carbocycles. The van der Waals surface area contributed by atoms with Crippen LogP contribution < -0.4 is 10.1 Å². The van der Waals surface area contributed by atoms with Gasteiger partial charge in [-0.25, -0.2) is 0 Å². The van der Waals surface area contributed by atoms with Crippen molar-refractivity contribution < 1.29 is 9.53 Å². The quantitative estimate of drug-likeness (QED) is 0.662. The molecule has 0 heterocycles. The number of rotatable bonds is 4. The number of amides is 1. The molecule has 1 amide bonds. The molecule has 0 unspecified atom stereocenters. The first kappa shape index (κ1) is 16.6. The summed E-state index contributed by atoms with van der Waals surface area (Å²) in [5.74, 6) is 0.380. The number of hydrogen-bond donors (Lipinski definition) is 1. The molecule has 3 rings (SSSR count). The minimum Gasteiger partial charge on any atom is -0.480 e. The Balaban J connectivity index is 1.76. The Labute approximate surface area is 150 Å². The Morgan fingerprint density at radius 1 is 1.04 bits per heavy atom. The number of benzene rings is 3. The van der Waals surface area contributed by atoms with Gasteiger partial charge < -0.3 is 10.1 Å². The molecule has 5 heteroatoms. The van der Waals surface area contributed by atoms with Crippen molar-refractivity contribution >= 4 is 45.6 Å². The van der Waals surface area contributed by atoms with Crippen LogP contribution in [0.3, 0.4) is 0 Å². The lowest BCUT2D eigenvalue weighted by molar-refractivity contribution is -0.122. The molecule has 3 nitrogen and oxygen atoms in total. The topological polar surface area (TPSA) is 38.3 Å². The molecule has 1 N–H and O–H groups in total. The minimum atomic E-state index is -0.678. The van der Waals surface area contributed by atoms with E-state index in [1.165, 1.54) is 0 Å². The van der Waals surface area contributed by atoms with Crippen molar-refractivity contribution in [3.05, 3.63) is 70.7 Å². The molecule has 24 heavy (non-hydrogen) atoms. The molecule has 0 fully saturated rings. The molecule has 0 spiro atoms. The van der Waals surface area contributed by atoms with Crippen LogP contribution in [-0.2, 0) is 4.79 Å². The third-order valence-electron chi connectivity index (χ3n) is 3.61. The molecule has 0 saturated heterocycles. The van der Waals surface area contributed by atoms with E-state index < -0.39 is 6.10 Å². The van der Waals surface area contributed by atoms with Crippen LogP contribution >= 0.6 is 23.2 Å². The van der Waals surface area contributed by atoms with Gasteiger partial charge in [-0.3, -0.25) is 4.79 Å². The van der Waals surface area contributed by atoms with E-state index in [-0.39, 0.29) is 5.91 Å². The van der Waals surface area contributed by atoms with E-state index in [9.17, 15) is 4.79 Å². The van der Waals surface area contributed by atoms with E-state index in [0.29, 0.717) is 21.5 Å². The van der Waals surface area contributed by atoms with Gasteiger partial charge >= 0.3 is 0 Å². The molecule has 3 aromatic rings. The number of carbonyl (C=O) groups excluding carboxylic acids is 1. The number of nitrogens with one attached hydrogen (secondary N) is 1. The van der Waals surface area contributed by atoms with Crippen LogP contribution in [0, 0.1) is 0 Å². The van der Waals surface area contributed by atoms with Gasteiger partial charge in [-0.1, -0.05) is 59.6 Å². The number of ether oxygens (including phenoxy) is 1. The summed E-state index contributed by atoms with van der Waals surface area (Å²) < 4.78 is 5.84. The Bertz CT molecular complexity index is 890. The largest absolute Gasteiger partial charge is 0.480 e. The minimum absolute atomic E-state index is 0.285. The molecule has 0 bridgehead atoms. The molecule has 0 saturated carbocycles. The van der Waals surface area contributed by atoms with E-state index in [1.807, 2.05) is 42.5 Å². The first-order chi connectivity index (χ1) is 11.5. The fourth-order valence-corrected chi connectivity index (χ4v) is 2.82. The summed E-state index contributed by atoms with van der Waals surface area (Å²) in [6, 6.07) is 18.5. The molecular weight excluding hydrogens is 345 g/mol. The lowest BCUT2D eigenvalue weighted by atomic mass is 10.1. The lowest BCUT2D eigenvalue weighted by Crippen LogP contribution is -2.30. The second kappa shape index (κ2) is 7.12. The van der Waals surface area contributed by atoms with Gasteiger partial charge in [0.05, 0.1) is 10.7 Å². The Hall–Kier alpha value is -2.23. The van der Waals surface area contributed by atoms with Crippen LogP contribution in [0.4, 0.5) is 5.69 Å². The van der Waals surface area contributed by atoms with Gasteiger partial charge in [0.25, 0.3) is 5.91 Å². The SMILES string of the molecule is C[C@@H](Oc1cccc2ccccc12)C(=O)Nc1ccc(Cl)cc1Cl. The molecular formula is C19H15Cl2NO2. The van der Waals surface area contributed by atoms with E-state index in [4.69, 9.17) is 27.9 Å². The van der Waals surface area contributed by atoms with Gasteiger partial charge in [0.1, 0.15) is 5.75 Å². The molecule has 0 aromatic heterocycles. The Morgan fingerprint density at radius 2 is 1.79 bits per heavy atom. The Morgan fingerprint density at radius 3 is 2.58 bits per heavy atom. The van der Waals surface area contributed by atoms with Crippen molar-refractivity contribution in [2.45, 2.75) is 13.0 Å². The van der Waals surface area contributed by atoms with Gasteiger partial charge in [0.2, 0.25) is 0 Å². The van der Waals surface area contributed by atoms with E-state index >= 15 is 0 Å². The second-order valence-corrected chi connectivity index (χ2v) is 6.19. The van der Waals surface area contributed by atoms with E-state index in [1.54, 1.807) is 25.1 Å². The standard InChI is InChI=1S/C19H15Cl2NO2/c1-12(19(23)22-17-10-9-14(20)11-16(17)21)24-18-8-4-6-13-5-2-3-7-15(13)18/h2-12H,1H3,(H,22,23)/t12-/m1/s1. The maximum atomic E-state index is 12.4. The first-order valence-corrected chi connectivity index (χ1v) is 8.20. The zero-order valence-corrected chi connectivity index (χ0v) is 14.4. The first-order valence-electron chi connectivity index (χ1n) is 7.45. The zero-order valence-electron chi connectivity index (χ0n) is 12.9. The summed E-state index contributed by atoms with van der Waals surface area (Å²) in [5, 5.41) is 5.67. The highest BCUT2D eigenvalue weighted by Crippen LogP contribution is 2.28. The summed E-state index contributed by atoms with van der Waals surface area (Å²) in [4.78, 5) is 12.4. The summed E-state index contributed by atoms with van der Waals surface area (Å²) in [5.41, 5.74) is 0.499. The van der Waals surface area contributed by atoms with E-state index in [0.717, 1.165) is 10.8 Å². The van der Waals surface area contributed by atoms with Gasteiger partial charge in [-0.05, 0) is 36.6 Å². The van der Waals surface area contributed by atoms with Crippen LogP contribution in [0.25, 0.3) is 10.8 Å². The summed E-state index contributed by atoms with van der Waals surface area (Å²) in [6.45, 7) is 1.70. The summed E-state index contributed by atoms with van der Waals surface area (Å²) >= 11 is 11.9. The Kier molecular flexibility index (Phi) is 4.93. The molecule has 0 aliphatic carbocycles. The monoisotopic (exact) mass is 359 g/mol. The maximum absolute atomic E-state index is 12.4. The average molecular weight is 360 g/mol. The summed E-state index contributed by atoms with van der Waals surface area (Å²) in [7, 11) is 0. The van der Waals surface area contributed by atoms with Crippen LogP contribution in [-0.4, -0.2) is 12.0 Å². The number of fused-ring (bicyclic) bond motifs is 1. The van der Waals surface area contributed by atoms with Crippen molar-refractivity contribution in [3.63, 3.8) is 0 Å². The predicted molar refractivity (Wildman–Crippen MR) is 99.1 cm³/mol. The molecule has 1 atom stereocenters. The fraction of sp³-hybridized carbons (Fsp3) is 0.105. The van der Waals surface area contributed by atoms with Gasteiger partial charge in [-0.15, -0.1) is 0 Å². The smallest absolute Gasteiger partial charge is 0.265 e. The third-order valence-corrected chi connectivity index (χ3v) is 4.16. The summed E-state index contributed by atoms with van der Waals surface area (Å²) in [6.07, 6.45) is -0.678. The average Bonchev–Trinajstić information content (AvgIpc) is 2.57. The van der Waals surface area contributed by atoms with Crippen molar-refractivity contribution in [1.82, 2.24) is 0 Å². The molecule has 0 aliphatic rings. The zero-order chi connectivity index (χ0) is 17.1. The molecule has 122 valence electrons. The number of anilines is 1. The van der Waals surface area contributed by atoms with Crippen molar-refractivity contribution in [3.8, 4) is 5.75 Å². The highest BCUT2D eigenvalue weighted by atomic mass is 35.5. The number of halogens is 2. The van der Waals surface area contributed by atoms with Crippen LogP contribution in [0.5, 0.6) is 5.75 Å². The van der Waals surface area contributed by atoms with Crippen LogP contribution in [0.2, 0.25) is 10.0 Å². The van der Waals surface area contributed by atoms with Gasteiger partial charge in [-0.2, -0.15) is 0 Å². The van der Waals surface area contributed by atoms with Crippen molar-refractivity contribution in [1.29, 1.82) is 0 Å². The fourth-order valence-electron chi connectivity index (χ4n) is 2.37. The predicted octanol–water partition coefficient (Wildman–Crippen LogP) is 5.55. The highest BCUT2D eigenvalue weighted by Gasteiger charge is 2.17. The van der Waals surface area contributed by atoms with Crippen molar-refractivity contribution in [2.75, 3.05) is 5.32 Å². The third kappa shape index (κ3) is 3.64. The van der Waals surface area contributed by atoms with Gasteiger partial charge in [0.15, 0.2) is 6.10 Å². The van der Waals surface area contributed by atoms with Crippen LogP contribution in [0.1, 0.15) is 6.92 Å². The lowest BCUT2D eigenvalue weighted by Gasteiger charge is -2.16. The van der Waals surface area contributed by atoms with Gasteiger partial charge in [0, 0.05) is 10.4 Å². The molecule has 0 radical (unpaired) electrons. The number of carbonyl (C=O) groups is 1. The number of hydrogen-bond acceptors (Lipinski definition) is 2. The molecule has 0 aliphatic heterocycles. The normalized spacial score (nSPS) is 12.0. The highest BCUT2D eigenvalue weighted by molar-refractivity contribution is 6.36. The van der Waals surface area contributed by atoms with Crippen LogP contribution in [0.15, 0.2) is 60.7 Å². The van der Waals surface area contributed by atoms with E-state index in [2.05, 4.69) is 5.32 Å². The second-order valence-electron chi connectivity index (χ2n) is 5.35. The van der Waals surface area contributed by atoms with Crippen molar-refractivity contribution in [2.24, 2.45) is 0 Å². The maximum Gasteiger partial charge on any atom is 0.265 e.